The van der Waals surface area contributed by atoms with Gasteiger partial charge in [-0.05, 0) is 38.0 Å². The fourth-order valence-electron chi connectivity index (χ4n) is 3.34. The number of rotatable bonds is 5. The van der Waals surface area contributed by atoms with E-state index in [4.69, 9.17) is 5.11 Å². The molecule has 0 spiro atoms. The predicted molar refractivity (Wildman–Crippen MR) is 101 cm³/mol. The Morgan fingerprint density at radius 1 is 1.33 bits per heavy atom. The molecule has 0 radical (unpaired) electrons. The van der Waals surface area contributed by atoms with Gasteiger partial charge in [-0.15, -0.1) is 0 Å². The number of carboxylic acids is 1. The lowest BCUT2D eigenvalue weighted by atomic mass is 9.80. The van der Waals surface area contributed by atoms with Crippen molar-refractivity contribution in [1.29, 1.82) is 0 Å². The molecule has 1 saturated heterocycles. The summed E-state index contributed by atoms with van der Waals surface area (Å²) in [6.07, 6.45) is 6.47. The highest BCUT2D eigenvalue weighted by Gasteiger charge is 2.38. The summed E-state index contributed by atoms with van der Waals surface area (Å²) in [6.45, 7) is 2.88. The van der Waals surface area contributed by atoms with Crippen molar-refractivity contribution >= 4 is 23.3 Å². The van der Waals surface area contributed by atoms with Crippen LogP contribution >= 0.6 is 0 Å². The molecule has 3 heterocycles. The fourth-order valence-corrected chi connectivity index (χ4v) is 3.34. The lowest BCUT2D eigenvalue weighted by Gasteiger charge is -2.40. The first-order chi connectivity index (χ1) is 12.9. The third-order valence-electron chi connectivity index (χ3n) is 4.80. The molecule has 0 unspecified atom stereocenters. The number of hydrogen-bond donors (Lipinski definition) is 2. The second kappa shape index (κ2) is 7.61. The van der Waals surface area contributed by atoms with Crippen molar-refractivity contribution in [3.05, 3.63) is 53.2 Å². The lowest BCUT2D eigenvalue weighted by molar-refractivity contribution is -0.137. The SMILES string of the molecule is C[C@]1(C(=O)Nc2ccc(=O)n(CC(=O)O)c2)CCCN(c2cccnc2)C1. The third kappa shape index (κ3) is 4.33. The number of aliphatic carboxylic acids is 1. The third-order valence-corrected chi connectivity index (χ3v) is 4.80. The van der Waals surface area contributed by atoms with Crippen LogP contribution in [0.5, 0.6) is 0 Å². The molecule has 0 aromatic carbocycles. The van der Waals surface area contributed by atoms with Crippen LogP contribution in [0.1, 0.15) is 19.8 Å². The van der Waals surface area contributed by atoms with E-state index in [2.05, 4.69) is 15.2 Å². The Balaban J connectivity index is 1.75. The van der Waals surface area contributed by atoms with Gasteiger partial charge in [0, 0.05) is 31.5 Å². The van der Waals surface area contributed by atoms with Gasteiger partial charge in [-0.1, -0.05) is 0 Å². The van der Waals surface area contributed by atoms with Crippen LogP contribution in [0.4, 0.5) is 11.4 Å². The minimum Gasteiger partial charge on any atom is -0.480 e. The molecule has 0 saturated carbocycles. The van der Waals surface area contributed by atoms with Gasteiger partial charge in [0.25, 0.3) is 5.56 Å². The fraction of sp³-hybridized carbons (Fsp3) is 0.368. The number of carboxylic acid groups (broad SMARTS) is 1. The van der Waals surface area contributed by atoms with Crippen LogP contribution < -0.4 is 15.8 Å². The molecule has 2 aromatic rings. The second-order valence-corrected chi connectivity index (χ2v) is 7.03. The summed E-state index contributed by atoms with van der Waals surface area (Å²) in [6, 6.07) is 6.58. The summed E-state index contributed by atoms with van der Waals surface area (Å²) >= 11 is 0. The van der Waals surface area contributed by atoms with Crippen molar-refractivity contribution < 1.29 is 14.7 Å². The van der Waals surface area contributed by atoms with Crippen LogP contribution in [0.3, 0.4) is 0 Å². The maximum absolute atomic E-state index is 12.9. The molecular weight excluding hydrogens is 348 g/mol. The van der Waals surface area contributed by atoms with Crippen LogP contribution in [-0.2, 0) is 16.1 Å². The van der Waals surface area contributed by atoms with Crippen molar-refractivity contribution in [1.82, 2.24) is 9.55 Å². The van der Waals surface area contributed by atoms with Gasteiger partial charge in [-0.25, -0.2) is 0 Å². The van der Waals surface area contributed by atoms with Gasteiger partial charge < -0.3 is 19.9 Å². The summed E-state index contributed by atoms with van der Waals surface area (Å²) in [7, 11) is 0. The van der Waals surface area contributed by atoms with Gasteiger partial charge in [0.1, 0.15) is 6.54 Å². The molecule has 3 rings (SSSR count). The lowest BCUT2D eigenvalue weighted by Crippen LogP contribution is -2.48. The molecule has 1 fully saturated rings. The molecule has 1 aliphatic rings. The molecule has 8 nitrogen and oxygen atoms in total. The summed E-state index contributed by atoms with van der Waals surface area (Å²) in [5.74, 6) is -1.27. The van der Waals surface area contributed by atoms with E-state index in [0.717, 1.165) is 29.6 Å². The number of amides is 1. The van der Waals surface area contributed by atoms with Crippen LogP contribution in [0.15, 0.2) is 47.7 Å². The van der Waals surface area contributed by atoms with E-state index in [0.29, 0.717) is 12.2 Å². The van der Waals surface area contributed by atoms with Gasteiger partial charge in [-0.2, -0.15) is 0 Å². The van der Waals surface area contributed by atoms with E-state index in [1.54, 1.807) is 12.4 Å². The molecule has 2 aromatic heterocycles. The minimum absolute atomic E-state index is 0.156. The Labute approximate surface area is 156 Å². The van der Waals surface area contributed by atoms with E-state index in [1.165, 1.54) is 18.3 Å². The number of nitrogens with one attached hydrogen (secondary N) is 1. The van der Waals surface area contributed by atoms with E-state index in [-0.39, 0.29) is 5.91 Å². The van der Waals surface area contributed by atoms with Gasteiger partial charge >= 0.3 is 5.97 Å². The molecule has 1 atom stereocenters. The molecule has 1 aliphatic heterocycles. The minimum atomic E-state index is -1.12. The first-order valence-electron chi connectivity index (χ1n) is 8.76. The monoisotopic (exact) mass is 370 g/mol. The Morgan fingerprint density at radius 2 is 2.15 bits per heavy atom. The number of carbonyl (C=O) groups is 2. The average molecular weight is 370 g/mol. The first-order valence-corrected chi connectivity index (χ1v) is 8.76. The standard InChI is InChI=1S/C19H22N4O4/c1-19(7-3-9-22(13-19)15-4-2-8-20-10-15)18(27)21-14-5-6-16(24)23(11-14)12-17(25)26/h2,4-6,8,10-11H,3,7,9,12-13H2,1H3,(H,21,27)(H,25,26)/t19-/m0/s1. The van der Waals surface area contributed by atoms with Crippen LogP contribution in [0.2, 0.25) is 0 Å². The van der Waals surface area contributed by atoms with Gasteiger partial charge in [-0.3, -0.25) is 19.4 Å². The van der Waals surface area contributed by atoms with E-state index in [1.807, 2.05) is 19.1 Å². The zero-order valence-electron chi connectivity index (χ0n) is 15.1. The molecule has 27 heavy (non-hydrogen) atoms. The maximum atomic E-state index is 12.9. The molecule has 1 amide bonds. The Bertz CT molecular complexity index is 896. The number of piperidine rings is 1. The topological polar surface area (TPSA) is 105 Å². The van der Waals surface area contributed by atoms with E-state index in [9.17, 15) is 14.4 Å². The van der Waals surface area contributed by atoms with Crippen molar-refractivity contribution in [2.75, 3.05) is 23.3 Å². The zero-order valence-corrected chi connectivity index (χ0v) is 15.1. The molecule has 2 N–H and O–H groups in total. The van der Waals surface area contributed by atoms with E-state index >= 15 is 0 Å². The number of aromatic nitrogens is 2. The maximum Gasteiger partial charge on any atom is 0.323 e. The zero-order chi connectivity index (χ0) is 19.4. The normalized spacial score (nSPS) is 19.5. The quantitative estimate of drug-likeness (QED) is 0.828. The highest BCUT2D eigenvalue weighted by Crippen LogP contribution is 2.33. The van der Waals surface area contributed by atoms with Crippen molar-refractivity contribution in [3.63, 3.8) is 0 Å². The highest BCUT2D eigenvalue weighted by atomic mass is 16.4. The number of pyridine rings is 2. The molecule has 0 aliphatic carbocycles. The molecule has 0 bridgehead atoms. The van der Waals surface area contributed by atoms with Gasteiger partial charge in [0.05, 0.1) is 23.0 Å². The Morgan fingerprint density at radius 3 is 2.85 bits per heavy atom. The summed E-state index contributed by atoms with van der Waals surface area (Å²) < 4.78 is 1.06. The van der Waals surface area contributed by atoms with Crippen LogP contribution in [0, 0.1) is 5.41 Å². The summed E-state index contributed by atoms with van der Waals surface area (Å²) in [4.78, 5) is 41.8. The second-order valence-electron chi connectivity index (χ2n) is 7.03. The number of carbonyl (C=O) groups excluding carboxylic acids is 1. The average Bonchev–Trinajstić information content (AvgIpc) is 2.65. The van der Waals surface area contributed by atoms with E-state index < -0.39 is 23.5 Å². The Kier molecular flexibility index (Phi) is 5.25. The Hall–Kier alpha value is -3.16. The van der Waals surface area contributed by atoms with Gasteiger partial charge in [0.2, 0.25) is 5.91 Å². The number of nitrogens with zero attached hydrogens (tertiary/aromatic N) is 3. The number of hydrogen-bond acceptors (Lipinski definition) is 5. The van der Waals surface area contributed by atoms with Gasteiger partial charge in [0.15, 0.2) is 0 Å². The summed E-state index contributed by atoms with van der Waals surface area (Å²) in [5.41, 5.74) is 0.343. The number of anilines is 2. The predicted octanol–water partition coefficient (Wildman–Crippen LogP) is 1.57. The molecule has 142 valence electrons. The highest BCUT2D eigenvalue weighted by molar-refractivity contribution is 5.95. The first kappa shape index (κ1) is 18.6. The summed E-state index contributed by atoms with van der Waals surface area (Å²) in [5, 5.41) is 11.7. The van der Waals surface area contributed by atoms with Crippen LogP contribution in [0.25, 0.3) is 0 Å². The van der Waals surface area contributed by atoms with Crippen molar-refractivity contribution in [3.8, 4) is 0 Å². The smallest absolute Gasteiger partial charge is 0.323 e. The molecular formula is C19H22N4O4. The van der Waals surface area contributed by atoms with Crippen molar-refractivity contribution in [2.45, 2.75) is 26.3 Å². The largest absolute Gasteiger partial charge is 0.480 e. The van der Waals surface area contributed by atoms with Crippen molar-refractivity contribution in [2.24, 2.45) is 5.41 Å². The van der Waals surface area contributed by atoms with Crippen LogP contribution in [-0.4, -0.2) is 39.6 Å². The molecule has 8 heteroatoms.